The number of amides is 1. The zero-order valence-electron chi connectivity index (χ0n) is 12.7. The van der Waals surface area contributed by atoms with Crippen molar-refractivity contribution in [1.29, 1.82) is 0 Å². The number of esters is 1. The first-order chi connectivity index (χ1) is 11.5. The van der Waals surface area contributed by atoms with E-state index < -0.39 is 5.97 Å². The highest BCUT2D eigenvalue weighted by Gasteiger charge is 2.24. The van der Waals surface area contributed by atoms with Crippen molar-refractivity contribution in [3.05, 3.63) is 70.4 Å². The molecular weight excluding hydrogens is 328 g/mol. The van der Waals surface area contributed by atoms with E-state index in [0.29, 0.717) is 16.3 Å². The molecule has 0 spiro atoms. The second-order valence-corrected chi connectivity index (χ2v) is 5.59. The Kier molecular flexibility index (Phi) is 4.44. The van der Waals surface area contributed by atoms with Crippen LogP contribution in [0.3, 0.4) is 0 Å². The maximum atomic E-state index is 12.0. The third-order valence-corrected chi connectivity index (χ3v) is 3.46. The van der Waals surface area contributed by atoms with Gasteiger partial charge in [0.15, 0.2) is 5.70 Å². The van der Waals surface area contributed by atoms with Gasteiger partial charge in [-0.3, -0.25) is 4.79 Å². The molecule has 0 atom stereocenters. The predicted molar refractivity (Wildman–Crippen MR) is 92.8 cm³/mol. The number of hydrogen-bond acceptors (Lipinski definition) is 4. The summed E-state index contributed by atoms with van der Waals surface area (Å²) in [6, 6.07) is 14.0. The molecule has 0 bridgehead atoms. The second kappa shape index (κ2) is 6.68. The van der Waals surface area contributed by atoms with E-state index in [-0.39, 0.29) is 17.5 Å². The van der Waals surface area contributed by atoms with Crippen LogP contribution in [0, 0.1) is 0 Å². The van der Waals surface area contributed by atoms with Gasteiger partial charge >= 0.3 is 5.97 Å². The van der Waals surface area contributed by atoms with Crippen LogP contribution in [0.2, 0.25) is 5.02 Å². The first kappa shape index (κ1) is 16.0. The van der Waals surface area contributed by atoms with Crippen LogP contribution in [0.25, 0.3) is 6.08 Å². The van der Waals surface area contributed by atoms with E-state index in [1.54, 1.807) is 48.5 Å². The molecule has 2 aromatic carbocycles. The van der Waals surface area contributed by atoms with Gasteiger partial charge in [0.1, 0.15) is 0 Å². The number of benzene rings is 2. The number of aliphatic imine (C=N–C) groups is 1. The van der Waals surface area contributed by atoms with E-state index >= 15 is 0 Å². The monoisotopic (exact) mass is 340 g/mol. The highest BCUT2D eigenvalue weighted by atomic mass is 35.5. The van der Waals surface area contributed by atoms with Crippen molar-refractivity contribution in [2.75, 3.05) is 5.32 Å². The highest BCUT2D eigenvalue weighted by molar-refractivity contribution is 6.30. The molecule has 0 saturated carbocycles. The van der Waals surface area contributed by atoms with E-state index in [9.17, 15) is 9.59 Å². The van der Waals surface area contributed by atoms with Crippen LogP contribution >= 0.6 is 11.6 Å². The highest BCUT2D eigenvalue weighted by Crippen LogP contribution is 2.21. The van der Waals surface area contributed by atoms with Crippen molar-refractivity contribution in [1.82, 2.24) is 0 Å². The molecule has 1 N–H and O–H groups in total. The Labute approximate surface area is 143 Å². The SMILES string of the molecule is CC(=O)Nc1ccc(C2=N/C(=C\c3cccc(Cl)c3)C(=O)O2)cc1. The van der Waals surface area contributed by atoms with Gasteiger partial charge in [-0.1, -0.05) is 23.7 Å². The van der Waals surface area contributed by atoms with Crippen LogP contribution in [0.1, 0.15) is 18.1 Å². The van der Waals surface area contributed by atoms with Crippen LogP contribution < -0.4 is 5.32 Å². The Balaban J connectivity index is 1.85. The van der Waals surface area contributed by atoms with Gasteiger partial charge in [-0.05, 0) is 48.0 Å². The lowest BCUT2D eigenvalue weighted by atomic mass is 10.2. The van der Waals surface area contributed by atoms with E-state index in [4.69, 9.17) is 16.3 Å². The minimum absolute atomic E-state index is 0.154. The fourth-order valence-corrected chi connectivity index (χ4v) is 2.38. The van der Waals surface area contributed by atoms with Crippen molar-refractivity contribution in [2.24, 2.45) is 4.99 Å². The maximum Gasteiger partial charge on any atom is 0.363 e. The minimum Gasteiger partial charge on any atom is -0.402 e. The van der Waals surface area contributed by atoms with Crippen LogP contribution in [0.5, 0.6) is 0 Å². The minimum atomic E-state index is -0.518. The molecular formula is C18H13ClN2O3. The van der Waals surface area contributed by atoms with Gasteiger partial charge < -0.3 is 10.1 Å². The van der Waals surface area contributed by atoms with Crippen molar-refractivity contribution in [2.45, 2.75) is 6.92 Å². The third kappa shape index (κ3) is 3.70. The standard InChI is InChI=1S/C18H13ClN2O3/c1-11(22)20-15-7-5-13(6-8-15)17-21-16(18(23)24-17)10-12-3-2-4-14(19)9-12/h2-10H,1H3,(H,20,22)/b16-10-. The summed E-state index contributed by atoms with van der Waals surface area (Å²) in [5, 5.41) is 3.24. The van der Waals surface area contributed by atoms with Crippen molar-refractivity contribution < 1.29 is 14.3 Å². The normalized spacial score (nSPS) is 15.2. The zero-order chi connectivity index (χ0) is 17.1. The number of carbonyl (C=O) groups is 2. The van der Waals surface area contributed by atoms with Crippen LogP contribution in [0.4, 0.5) is 5.69 Å². The fraction of sp³-hybridized carbons (Fsp3) is 0.0556. The maximum absolute atomic E-state index is 12.0. The average Bonchev–Trinajstić information content (AvgIpc) is 2.88. The summed E-state index contributed by atoms with van der Waals surface area (Å²) < 4.78 is 5.21. The molecule has 0 saturated heterocycles. The number of hydrogen-bond donors (Lipinski definition) is 1. The first-order valence-corrected chi connectivity index (χ1v) is 7.55. The van der Waals surface area contributed by atoms with Gasteiger partial charge in [0.2, 0.25) is 11.8 Å². The molecule has 1 aliphatic heterocycles. The van der Waals surface area contributed by atoms with E-state index in [0.717, 1.165) is 5.56 Å². The number of anilines is 1. The Morgan fingerprint density at radius 2 is 1.96 bits per heavy atom. The zero-order valence-corrected chi connectivity index (χ0v) is 13.5. The molecule has 1 amide bonds. The van der Waals surface area contributed by atoms with E-state index in [1.807, 2.05) is 6.07 Å². The summed E-state index contributed by atoms with van der Waals surface area (Å²) in [5.74, 6) is -0.447. The molecule has 120 valence electrons. The van der Waals surface area contributed by atoms with E-state index in [1.165, 1.54) is 6.92 Å². The molecule has 0 aromatic heterocycles. The number of rotatable bonds is 3. The van der Waals surface area contributed by atoms with Crippen LogP contribution in [-0.4, -0.2) is 17.8 Å². The molecule has 0 aliphatic carbocycles. The summed E-state index contributed by atoms with van der Waals surface area (Å²) in [4.78, 5) is 27.2. The van der Waals surface area contributed by atoms with Crippen molar-refractivity contribution >= 4 is 41.1 Å². The van der Waals surface area contributed by atoms with Gasteiger partial charge in [-0.15, -0.1) is 0 Å². The van der Waals surface area contributed by atoms with Gasteiger partial charge in [-0.25, -0.2) is 9.79 Å². The molecule has 0 unspecified atom stereocenters. The summed E-state index contributed by atoms with van der Waals surface area (Å²) in [7, 11) is 0. The number of ether oxygens (including phenoxy) is 1. The summed E-state index contributed by atoms with van der Waals surface area (Å²) in [5.41, 5.74) is 2.27. The summed E-state index contributed by atoms with van der Waals surface area (Å²) in [6.07, 6.45) is 1.62. The molecule has 0 radical (unpaired) electrons. The van der Waals surface area contributed by atoms with Gasteiger partial charge in [0.05, 0.1) is 0 Å². The Hall–Kier alpha value is -2.92. The van der Waals surface area contributed by atoms with Crippen molar-refractivity contribution in [3.63, 3.8) is 0 Å². The number of halogens is 1. The number of nitrogens with zero attached hydrogens (tertiary/aromatic N) is 1. The number of cyclic esters (lactones) is 1. The molecule has 2 aromatic rings. The Morgan fingerprint density at radius 3 is 2.62 bits per heavy atom. The van der Waals surface area contributed by atoms with Gasteiger partial charge in [-0.2, -0.15) is 0 Å². The quantitative estimate of drug-likeness (QED) is 0.685. The largest absolute Gasteiger partial charge is 0.402 e. The average molecular weight is 341 g/mol. The molecule has 0 fully saturated rings. The topological polar surface area (TPSA) is 67.8 Å². The number of nitrogens with one attached hydrogen (secondary N) is 1. The number of carbonyl (C=O) groups excluding carboxylic acids is 2. The molecule has 1 aliphatic rings. The summed E-state index contributed by atoms with van der Waals surface area (Å²) >= 11 is 5.93. The second-order valence-electron chi connectivity index (χ2n) is 5.15. The third-order valence-electron chi connectivity index (χ3n) is 3.22. The predicted octanol–water partition coefficient (Wildman–Crippen LogP) is 3.64. The lowest BCUT2D eigenvalue weighted by molar-refractivity contribution is -0.129. The molecule has 1 heterocycles. The molecule has 24 heavy (non-hydrogen) atoms. The molecule has 5 nitrogen and oxygen atoms in total. The Morgan fingerprint density at radius 1 is 1.21 bits per heavy atom. The smallest absolute Gasteiger partial charge is 0.363 e. The summed E-state index contributed by atoms with van der Waals surface area (Å²) in [6.45, 7) is 1.43. The van der Waals surface area contributed by atoms with Gasteiger partial charge in [0.25, 0.3) is 0 Å². The van der Waals surface area contributed by atoms with E-state index in [2.05, 4.69) is 10.3 Å². The van der Waals surface area contributed by atoms with Crippen LogP contribution in [-0.2, 0) is 14.3 Å². The van der Waals surface area contributed by atoms with Crippen molar-refractivity contribution in [3.8, 4) is 0 Å². The first-order valence-electron chi connectivity index (χ1n) is 7.17. The fourth-order valence-electron chi connectivity index (χ4n) is 2.19. The lowest BCUT2D eigenvalue weighted by Gasteiger charge is -2.03. The van der Waals surface area contributed by atoms with Crippen LogP contribution in [0.15, 0.2) is 59.2 Å². The molecule has 3 rings (SSSR count). The lowest BCUT2D eigenvalue weighted by Crippen LogP contribution is -2.07. The molecule has 6 heteroatoms. The Bertz CT molecular complexity index is 870. The van der Waals surface area contributed by atoms with Gasteiger partial charge in [0, 0.05) is 23.2 Å².